The second-order valence-corrected chi connectivity index (χ2v) is 6.01. The number of pyridine rings is 1. The van der Waals surface area contributed by atoms with Crippen LogP contribution in [-0.2, 0) is 6.54 Å². The molecule has 24 heavy (non-hydrogen) atoms. The van der Waals surface area contributed by atoms with Gasteiger partial charge >= 0.3 is 0 Å². The largest absolute Gasteiger partial charge is 0.315 e. The first kappa shape index (κ1) is 16.0. The van der Waals surface area contributed by atoms with E-state index < -0.39 is 5.91 Å². The Morgan fingerprint density at radius 1 is 1.46 bits per heavy atom. The highest BCUT2D eigenvalue weighted by molar-refractivity contribution is 7.16. The quantitative estimate of drug-likeness (QED) is 0.361. The number of amides is 2. The zero-order chi connectivity index (χ0) is 17.3. The number of fused-ring (bicyclic) bond motifs is 1. The Bertz CT molecular complexity index is 998. The number of thiazole rings is 1. The lowest BCUT2D eigenvalue weighted by molar-refractivity contribution is 0.0951. The van der Waals surface area contributed by atoms with Gasteiger partial charge in [-0.15, -0.1) is 0 Å². The van der Waals surface area contributed by atoms with Gasteiger partial charge in [-0.05, 0) is 26.0 Å². The molecule has 4 N–H and O–H groups in total. The van der Waals surface area contributed by atoms with E-state index in [0.717, 1.165) is 5.69 Å². The molecule has 0 bridgehead atoms. The van der Waals surface area contributed by atoms with E-state index in [-0.39, 0.29) is 5.91 Å². The molecule has 0 aliphatic heterocycles. The number of nitrogen functional groups attached to an aromatic ring is 1. The summed E-state index contributed by atoms with van der Waals surface area (Å²) in [6.07, 6.45) is 1.40. The zero-order valence-electron chi connectivity index (χ0n) is 13.0. The molecule has 3 aromatic heterocycles. The van der Waals surface area contributed by atoms with Crippen molar-refractivity contribution >= 4 is 33.5 Å². The summed E-state index contributed by atoms with van der Waals surface area (Å²) >= 11 is 1.23. The number of aromatic amines is 1. The third-order valence-electron chi connectivity index (χ3n) is 3.30. The molecular formula is C14H15N7O2S. The topological polar surface area (TPSA) is 131 Å². The standard InChI is InChI=1S/C14H15N7O2S/c1-3-21-9(4-7(2)20-21)13(23)18-14-17-11-10(24-14)5-8(6-16-11)12(22)19-15/h4-6H,3,15H2,1-2H3,(H,19,22)(H,16,17,18,23). The molecule has 0 aromatic carbocycles. The Morgan fingerprint density at radius 3 is 2.96 bits per heavy atom. The Hall–Kier alpha value is -2.85. The molecule has 3 rings (SSSR count). The van der Waals surface area contributed by atoms with Crippen LogP contribution in [0.15, 0.2) is 23.3 Å². The molecule has 0 aliphatic rings. The number of hydrazine groups is 1. The van der Waals surface area contributed by atoms with E-state index in [0.29, 0.717) is 33.0 Å². The van der Waals surface area contributed by atoms with Crippen LogP contribution in [0.3, 0.4) is 0 Å². The van der Waals surface area contributed by atoms with Crippen LogP contribution in [0.4, 0.5) is 0 Å². The van der Waals surface area contributed by atoms with E-state index in [1.807, 2.05) is 19.3 Å². The van der Waals surface area contributed by atoms with Crippen LogP contribution >= 0.6 is 11.3 Å². The maximum Gasteiger partial charge on any atom is 0.297 e. The molecule has 0 spiro atoms. The minimum Gasteiger partial charge on any atom is -0.315 e. The highest BCUT2D eigenvalue weighted by Crippen LogP contribution is 2.14. The van der Waals surface area contributed by atoms with Crippen molar-refractivity contribution in [3.05, 3.63) is 40.1 Å². The van der Waals surface area contributed by atoms with Crippen LogP contribution in [0.1, 0.15) is 33.5 Å². The maximum absolute atomic E-state index is 12.4. The molecule has 124 valence electrons. The minimum absolute atomic E-state index is 0.331. The van der Waals surface area contributed by atoms with E-state index >= 15 is 0 Å². The highest BCUT2D eigenvalue weighted by atomic mass is 32.1. The van der Waals surface area contributed by atoms with Gasteiger partial charge in [0.15, 0.2) is 4.80 Å². The van der Waals surface area contributed by atoms with Crippen molar-refractivity contribution < 1.29 is 9.59 Å². The van der Waals surface area contributed by atoms with Gasteiger partial charge in [-0.25, -0.2) is 10.8 Å². The Labute approximate surface area is 140 Å². The molecule has 3 aromatic rings. The van der Waals surface area contributed by atoms with Crippen molar-refractivity contribution in [1.82, 2.24) is 25.2 Å². The second-order valence-electron chi connectivity index (χ2n) is 4.98. The lowest BCUT2D eigenvalue weighted by Gasteiger charge is -1.98. The van der Waals surface area contributed by atoms with Crippen LogP contribution < -0.4 is 16.1 Å². The Kier molecular flexibility index (Phi) is 4.23. The number of nitrogens with two attached hydrogens (primary N) is 1. The highest BCUT2D eigenvalue weighted by Gasteiger charge is 2.13. The molecule has 10 heteroatoms. The van der Waals surface area contributed by atoms with E-state index in [4.69, 9.17) is 5.84 Å². The number of carbonyl (C=O) groups is 2. The summed E-state index contributed by atoms with van der Waals surface area (Å²) in [5.41, 5.74) is 4.11. The minimum atomic E-state index is -0.435. The second kappa shape index (κ2) is 6.34. The van der Waals surface area contributed by atoms with Gasteiger partial charge in [0.2, 0.25) is 0 Å². The predicted octanol–water partition coefficient (Wildman–Crippen LogP) is 0.494. The molecule has 0 unspecified atom stereocenters. The summed E-state index contributed by atoms with van der Waals surface area (Å²) in [6, 6.07) is 3.33. The summed E-state index contributed by atoms with van der Waals surface area (Å²) in [5.74, 6) is 4.29. The van der Waals surface area contributed by atoms with E-state index in [1.165, 1.54) is 17.5 Å². The fourth-order valence-electron chi connectivity index (χ4n) is 2.21. The normalized spacial score (nSPS) is 11.9. The smallest absolute Gasteiger partial charge is 0.297 e. The number of carbonyl (C=O) groups excluding carboxylic acids is 2. The Balaban J connectivity index is 2.00. The summed E-state index contributed by atoms with van der Waals surface area (Å²) in [5, 5.41) is 4.24. The van der Waals surface area contributed by atoms with Gasteiger partial charge in [0.05, 0.1) is 16.0 Å². The number of H-pyrrole nitrogens is 1. The van der Waals surface area contributed by atoms with Gasteiger partial charge in [0, 0.05) is 12.7 Å². The first-order chi connectivity index (χ1) is 11.5. The molecular weight excluding hydrogens is 330 g/mol. The molecule has 0 fully saturated rings. The summed E-state index contributed by atoms with van der Waals surface area (Å²) in [7, 11) is 0. The van der Waals surface area contributed by atoms with Crippen molar-refractivity contribution in [3.8, 4) is 0 Å². The lowest BCUT2D eigenvalue weighted by atomic mass is 10.3. The number of hydrogen-bond acceptors (Lipinski definition) is 6. The van der Waals surface area contributed by atoms with Crippen molar-refractivity contribution in [2.75, 3.05) is 0 Å². The number of aromatic nitrogens is 4. The fourth-order valence-corrected chi connectivity index (χ4v) is 3.08. The van der Waals surface area contributed by atoms with Crippen LogP contribution in [0.5, 0.6) is 0 Å². The summed E-state index contributed by atoms with van der Waals surface area (Å²) in [6.45, 7) is 4.31. The predicted molar refractivity (Wildman–Crippen MR) is 88.2 cm³/mol. The number of nitrogens with one attached hydrogen (secondary N) is 2. The number of nitrogens with zero attached hydrogens (tertiary/aromatic N) is 4. The molecule has 3 heterocycles. The molecule has 0 aliphatic carbocycles. The number of rotatable bonds is 3. The first-order valence-corrected chi connectivity index (χ1v) is 7.96. The van der Waals surface area contributed by atoms with Crippen LogP contribution in [0.2, 0.25) is 0 Å². The molecule has 0 saturated heterocycles. The van der Waals surface area contributed by atoms with Crippen molar-refractivity contribution in [3.63, 3.8) is 0 Å². The first-order valence-electron chi connectivity index (χ1n) is 7.15. The zero-order valence-corrected chi connectivity index (χ0v) is 13.8. The van der Waals surface area contributed by atoms with Crippen molar-refractivity contribution in [2.24, 2.45) is 10.8 Å². The SMILES string of the molecule is CCn1nc(C)cc1C(=O)/N=c1\[nH]c2ncc(C(=O)NN)cc2s1. The van der Waals surface area contributed by atoms with E-state index in [1.54, 1.807) is 16.8 Å². The van der Waals surface area contributed by atoms with Gasteiger partial charge in [0.25, 0.3) is 11.8 Å². The fraction of sp³-hybridized carbons (Fsp3) is 0.214. The average Bonchev–Trinajstić information content (AvgIpc) is 3.15. The third-order valence-corrected chi connectivity index (χ3v) is 4.22. The lowest BCUT2D eigenvalue weighted by Crippen LogP contribution is -2.29. The molecule has 0 radical (unpaired) electrons. The average molecular weight is 345 g/mol. The van der Waals surface area contributed by atoms with Gasteiger partial charge in [-0.2, -0.15) is 10.1 Å². The monoisotopic (exact) mass is 345 g/mol. The molecule has 0 saturated carbocycles. The summed E-state index contributed by atoms with van der Waals surface area (Å²) in [4.78, 5) is 35.5. The van der Waals surface area contributed by atoms with Crippen LogP contribution in [-0.4, -0.2) is 31.6 Å². The van der Waals surface area contributed by atoms with E-state index in [2.05, 4.69) is 20.1 Å². The van der Waals surface area contributed by atoms with Gasteiger partial charge in [0.1, 0.15) is 11.3 Å². The number of hydrogen-bond donors (Lipinski definition) is 3. The summed E-state index contributed by atoms with van der Waals surface area (Å²) < 4.78 is 2.30. The van der Waals surface area contributed by atoms with Gasteiger partial charge in [-0.1, -0.05) is 11.3 Å². The third kappa shape index (κ3) is 2.96. The van der Waals surface area contributed by atoms with Gasteiger partial charge < -0.3 is 4.98 Å². The van der Waals surface area contributed by atoms with Crippen LogP contribution in [0, 0.1) is 6.92 Å². The van der Waals surface area contributed by atoms with Gasteiger partial charge in [-0.3, -0.25) is 19.7 Å². The molecule has 0 atom stereocenters. The number of aryl methyl sites for hydroxylation is 2. The molecule has 9 nitrogen and oxygen atoms in total. The van der Waals surface area contributed by atoms with E-state index in [9.17, 15) is 9.59 Å². The Morgan fingerprint density at radius 2 is 2.25 bits per heavy atom. The van der Waals surface area contributed by atoms with Crippen molar-refractivity contribution in [2.45, 2.75) is 20.4 Å². The van der Waals surface area contributed by atoms with Crippen molar-refractivity contribution in [1.29, 1.82) is 0 Å². The maximum atomic E-state index is 12.4. The van der Waals surface area contributed by atoms with Crippen LogP contribution in [0.25, 0.3) is 10.3 Å². The molecule has 2 amide bonds.